The second kappa shape index (κ2) is 11.9. The number of rotatable bonds is 12. The summed E-state index contributed by atoms with van der Waals surface area (Å²) < 4.78 is 11.3. The molecule has 0 fully saturated rings. The van der Waals surface area contributed by atoms with Crippen LogP contribution in [0.3, 0.4) is 0 Å². The van der Waals surface area contributed by atoms with E-state index in [1.807, 2.05) is 42.5 Å². The van der Waals surface area contributed by atoms with E-state index in [0.29, 0.717) is 11.6 Å². The number of ether oxygens (including phenoxy) is 2. The summed E-state index contributed by atoms with van der Waals surface area (Å²) in [6.07, 6.45) is 3.35. The van der Waals surface area contributed by atoms with E-state index in [4.69, 9.17) is 21.1 Å². The molecule has 0 atom stereocenters. The van der Waals surface area contributed by atoms with Gasteiger partial charge in [0.05, 0.1) is 5.02 Å². The Labute approximate surface area is 156 Å². The van der Waals surface area contributed by atoms with Gasteiger partial charge in [0, 0.05) is 19.8 Å². The first-order valence-corrected chi connectivity index (χ1v) is 9.41. The van der Waals surface area contributed by atoms with Crippen LogP contribution in [0.25, 0.3) is 0 Å². The fourth-order valence-electron chi connectivity index (χ4n) is 2.39. The number of hydrogen-bond acceptors (Lipinski definition) is 3. The number of halogens is 1. The molecular weight excluding hydrogens is 334 g/mol. The lowest BCUT2D eigenvalue weighted by molar-refractivity contribution is 0.129. The van der Waals surface area contributed by atoms with E-state index in [2.05, 4.69) is 18.3 Å². The van der Waals surface area contributed by atoms with Crippen LogP contribution in [0.2, 0.25) is 5.02 Å². The van der Waals surface area contributed by atoms with Crippen molar-refractivity contribution in [2.75, 3.05) is 19.8 Å². The molecule has 3 nitrogen and oxygen atoms in total. The molecule has 2 aromatic rings. The van der Waals surface area contributed by atoms with Crippen LogP contribution < -0.4 is 10.1 Å². The van der Waals surface area contributed by atoms with Crippen molar-refractivity contribution >= 4 is 11.6 Å². The third-order valence-corrected chi connectivity index (χ3v) is 4.14. The van der Waals surface area contributed by atoms with Crippen molar-refractivity contribution < 1.29 is 9.47 Å². The SMILES string of the molecule is CCCCOCCCNCc1ccc(OCc2ccccc2)c(Cl)c1. The lowest BCUT2D eigenvalue weighted by Crippen LogP contribution is -2.16. The van der Waals surface area contributed by atoms with Crippen molar-refractivity contribution in [2.24, 2.45) is 0 Å². The lowest BCUT2D eigenvalue weighted by atomic mass is 10.2. The summed E-state index contributed by atoms with van der Waals surface area (Å²) in [7, 11) is 0. The van der Waals surface area contributed by atoms with Gasteiger partial charge in [-0.2, -0.15) is 0 Å². The predicted molar refractivity (Wildman–Crippen MR) is 104 cm³/mol. The van der Waals surface area contributed by atoms with Crippen molar-refractivity contribution in [3.05, 3.63) is 64.7 Å². The zero-order valence-electron chi connectivity index (χ0n) is 15.0. The Bertz CT molecular complexity index is 604. The minimum absolute atomic E-state index is 0.524. The molecule has 0 aliphatic rings. The average Bonchev–Trinajstić information content (AvgIpc) is 2.64. The van der Waals surface area contributed by atoms with Crippen molar-refractivity contribution in [2.45, 2.75) is 39.3 Å². The van der Waals surface area contributed by atoms with E-state index < -0.39 is 0 Å². The quantitative estimate of drug-likeness (QED) is 0.526. The molecule has 4 heteroatoms. The van der Waals surface area contributed by atoms with Gasteiger partial charge in [0.1, 0.15) is 12.4 Å². The standard InChI is InChI=1S/C21H28ClNO2/c1-2-3-13-24-14-7-12-23-16-19-10-11-21(20(22)15-19)25-17-18-8-5-4-6-9-18/h4-6,8-11,15,23H,2-3,7,12-14,16-17H2,1H3. The molecule has 0 saturated heterocycles. The highest BCUT2D eigenvalue weighted by atomic mass is 35.5. The Morgan fingerprint density at radius 3 is 2.52 bits per heavy atom. The van der Waals surface area contributed by atoms with E-state index in [1.54, 1.807) is 0 Å². The van der Waals surface area contributed by atoms with Gasteiger partial charge < -0.3 is 14.8 Å². The van der Waals surface area contributed by atoms with E-state index in [-0.39, 0.29) is 0 Å². The van der Waals surface area contributed by atoms with Gasteiger partial charge in [0.2, 0.25) is 0 Å². The minimum Gasteiger partial charge on any atom is -0.487 e. The Hall–Kier alpha value is -1.55. The first-order chi connectivity index (χ1) is 12.3. The molecular formula is C21H28ClNO2. The summed E-state index contributed by atoms with van der Waals surface area (Å²) in [6.45, 7) is 6.13. The van der Waals surface area contributed by atoms with Crippen LogP contribution >= 0.6 is 11.6 Å². The van der Waals surface area contributed by atoms with Crippen LogP contribution in [-0.4, -0.2) is 19.8 Å². The third-order valence-electron chi connectivity index (χ3n) is 3.85. The molecule has 0 unspecified atom stereocenters. The molecule has 0 saturated carbocycles. The molecule has 0 bridgehead atoms. The third kappa shape index (κ3) is 7.91. The smallest absolute Gasteiger partial charge is 0.138 e. The van der Waals surface area contributed by atoms with Gasteiger partial charge >= 0.3 is 0 Å². The molecule has 0 radical (unpaired) electrons. The van der Waals surface area contributed by atoms with Gasteiger partial charge in [-0.05, 0) is 42.6 Å². The van der Waals surface area contributed by atoms with E-state index in [0.717, 1.165) is 56.0 Å². The van der Waals surface area contributed by atoms with Gasteiger partial charge in [0.15, 0.2) is 0 Å². The molecule has 1 N–H and O–H groups in total. The Kier molecular flexibility index (Phi) is 9.42. The zero-order chi connectivity index (χ0) is 17.7. The first-order valence-electron chi connectivity index (χ1n) is 9.03. The van der Waals surface area contributed by atoms with Crippen molar-refractivity contribution in [3.63, 3.8) is 0 Å². The second-order valence-corrected chi connectivity index (χ2v) is 6.44. The van der Waals surface area contributed by atoms with Gasteiger partial charge in [-0.25, -0.2) is 0 Å². The van der Waals surface area contributed by atoms with E-state index >= 15 is 0 Å². The Morgan fingerprint density at radius 2 is 1.76 bits per heavy atom. The second-order valence-electron chi connectivity index (χ2n) is 6.04. The number of nitrogens with one attached hydrogen (secondary N) is 1. The van der Waals surface area contributed by atoms with Crippen LogP contribution in [0.5, 0.6) is 5.75 Å². The number of hydrogen-bond donors (Lipinski definition) is 1. The topological polar surface area (TPSA) is 30.5 Å². The highest BCUT2D eigenvalue weighted by molar-refractivity contribution is 6.32. The molecule has 25 heavy (non-hydrogen) atoms. The highest BCUT2D eigenvalue weighted by Gasteiger charge is 2.04. The number of benzene rings is 2. The minimum atomic E-state index is 0.524. The molecule has 0 amide bonds. The lowest BCUT2D eigenvalue weighted by Gasteiger charge is -2.10. The van der Waals surface area contributed by atoms with Crippen LogP contribution in [0, 0.1) is 0 Å². The molecule has 136 valence electrons. The zero-order valence-corrected chi connectivity index (χ0v) is 15.7. The fraction of sp³-hybridized carbons (Fsp3) is 0.429. The summed E-state index contributed by atoms with van der Waals surface area (Å²) in [6, 6.07) is 16.0. The van der Waals surface area contributed by atoms with Crippen LogP contribution in [0.4, 0.5) is 0 Å². The maximum atomic E-state index is 6.33. The van der Waals surface area contributed by atoms with Gasteiger partial charge in [-0.1, -0.05) is 61.3 Å². The Morgan fingerprint density at radius 1 is 0.960 bits per heavy atom. The summed E-state index contributed by atoms with van der Waals surface area (Å²) in [5.41, 5.74) is 2.29. The molecule has 0 spiro atoms. The van der Waals surface area contributed by atoms with Crippen LogP contribution in [0.1, 0.15) is 37.3 Å². The van der Waals surface area contributed by atoms with Crippen LogP contribution in [-0.2, 0) is 17.9 Å². The van der Waals surface area contributed by atoms with Gasteiger partial charge in [0.25, 0.3) is 0 Å². The molecule has 0 aliphatic carbocycles. The van der Waals surface area contributed by atoms with Crippen molar-refractivity contribution in [1.29, 1.82) is 0 Å². The summed E-state index contributed by atoms with van der Waals surface area (Å²) in [5.74, 6) is 0.721. The van der Waals surface area contributed by atoms with Crippen molar-refractivity contribution in [3.8, 4) is 5.75 Å². The average molecular weight is 362 g/mol. The first kappa shape index (κ1) is 19.8. The van der Waals surface area contributed by atoms with Gasteiger partial charge in [-0.15, -0.1) is 0 Å². The van der Waals surface area contributed by atoms with E-state index in [1.165, 1.54) is 6.42 Å². The van der Waals surface area contributed by atoms with Crippen molar-refractivity contribution in [1.82, 2.24) is 5.32 Å². The summed E-state index contributed by atoms with van der Waals surface area (Å²) in [4.78, 5) is 0. The van der Waals surface area contributed by atoms with Crippen LogP contribution in [0.15, 0.2) is 48.5 Å². The fourth-order valence-corrected chi connectivity index (χ4v) is 2.64. The predicted octanol–water partition coefficient (Wildman–Crippen LogP) is 5.22. The number of unbranched alkanes of at least 4 members (excludes halogenated alkanes) is 1. The summed E-state index contributed by atoms with van der Waals surface area (Å²) in [5, 5.41) is 4.07. The molecule has 0 aliphatic heterocycles. The molecule has 2 aromatic carbocycles. The maximum absolute atomic E-state index is 6.33. The maximum Gasteiger partial charge on any atom is 0.138 e. The molecule has 0 aromatic heterocycles. The molecule has 0 heterocycles. The van der Waals surface area contributed by atoms with E-state index in [9.17, 15) is 0 Å². The Balaban J connectivity index is 1.67. The highest BCUT2D eigenvalue weighted by Crippen LogP contribution is 2.26. The monoisotopic (exact) mass is 361 g/mol. The summed E-state index contributed by atoms with van der Waals surface area (Å²) >= 11 is 6.33. The van der Waals surface area contributed by atoms with Gasteiger partial charge in [-0.3, -0.25) is 0 Å². The molecule has 2 rings (SSSR count). The normalized spacial score (nSPS) is 10.8. The largest absolute Gasteiger partial charge is 0.487 e.